The van der Waals surface area contributed by atoms with E-state index in [0.717, 1.165) is 0 Å². The van der Waals surface area contributed by atoms with E-state index in [9.17, 15) is 4.79 Å². The second-order valence-electron chi connectivity index (χ2n) is 4.47. The van der Waals surface area contributed by atoms with Crippen LogP contribution < -0.4 is 16.0 Å². The topological polar surface area (TPSA) is 77.5 Å². The third-order valence-electron chi connectivity index (χ3n) is 3.14. The van der Waals surface area contributed by atoms with Gasteiger partial charge in [-0.2, -0.15) is 0 Å². The van der Waals surface area contributed by atoms with Crippen molar-refractivity contribution in [2.24, 2.45) is 5.84 Å². The number of nitrogens with two attached hydrogens (primary N) is 1. The number of carbonyl (C=O) groups is 1. The van der Waals surface area contributed by atoms with Gasteiger partial charge in [0, 0.05) is 5.39 Å². The minimum Gasteiger partial charge on any atom is -0.486 e. The van der Waals surface area contributed by atoms with Crippen molar-refractivity contribution in [1.29, 1.82) is 0 Å². The first-order chi connectivity index (χ1) is 10.3. The molecule has 5 nitrogen and oxygen atoms in total. The average Bonchev–Trinajstić information content (AvgIpc) is 2.91. The molecule has 0 spiro atoms. The van der Waals surface area contributed by atoms with Crippen molar-refractivity contribution in [3.05, 3.63) is 65.9 Å². The first kappa shape index (κ1) is 13.2. The summed E-state index contributed by atoms with van der Waals surface area (Å²) in [4.78, 5) is 12.0. The Bertz CT molecular complexity index is 766. The first-order valence-electron chi connectivity index (χ1n) is 6.49. The van der Waals surface area contributed by atoms with Crippen molar-refractivity contribution < 1.29 is 13.9 Å². The standard InChI is InChI=1S/C16H14N2O3/c17-18-16(19)15-12-8-4-5-9-13(12)21-14(15)10-20-11-6-2-1-3-7-11/h1-9H,10,17H2,(H,18,19). The lowest BCUT2D eigenvalue weighted by Gasteiger charge is -2.05. The zero-order chi connectivity index (χ0) is 14.7. The highest BCUT2D eigenvalue weighted by Gasteiger charge is 2.20. The zero-order valence-electron chi connectivity index (χ0n) is 11.2. The number of nitrogens with one attached hydrogen (secondary N) is 1. The lowest BCUT2D eigenvalue weighted by Crippen LogP contribution is -2.30. The SMILES string of the molecule is NNC(=O)c1c(COc2ccccc2)oc2ccccc12. The van der Waals surface area contributed by atoms with Crippen LogP contribution in [0.3, 0.4) is 0 Å². The van der Waals surface area contributed by atoms with E-state index in [0.29, 0.717) is 28.0 Å². The zero-order valence-corrected chi connectivity index (χ0v) is 11.2. The quantitative estimate of drug-likeness (QED) is 0.438. The van der Waals surface area contributed by atoms with Crippen LogP contribution in [-0.2, 0) is 6.61 Å². The van der Waals surface area contributed by atoms with E-state index in [4.69, 9.17) is 15.0 Å². The Morgan fingerprint density at radius 1 is 1.10 bits per heavy atom. The van der Waals surface area contributed by atoms with Gasteiger partial charge in [0.2, 0.25) is 0 Å². The van der Waals surface area contributed by atoms with Gasteiger partial charge in [0.1, 0.15) is 17.9 Å². The maximum Gasteiger partial charge on any atom is 0.269 e. The molecule has 0 saturated heterocycles. The van der Waals surface area contributed by atoms with Gasteiger partial charge in [-0.15, -0.1) is 0 Å². The fraction of sp³-hybridized carbons (Fsp3) is 0.0625. The molecule has 1 heterocycles. The molecular weight excluding hydrogens is 268 g/mol. The van der Waals surface area contributed by atoms with Crippen molar-refractivity contribution in [2.45, 2.75) is 6.61 Å². The summed E-state index contributed by atoms with van der Waals surface area (Å²) in [6.45, 7) is 0.154. The Morgan fingerprint density at radius 3 is 2.57 bits per heavy atom. The molecule has 0 aliphatic rings. The molecule has 0 aliphatic carbocycles. The second kappa shape index (κ2) is 5.68. The third-order valence-corrected chi connectivity index (χ3v) is 3.14. The molecule has 5 heteroatoms. The highest BCUT2D eigenvalue weighted by atomic mass is 16.5. The molecule has 0 bridgehead atoms. The molecule has 1 amide bonds. The molecule has 0 unspecified atom stereocenters. The van der Waals surface area contributed by atoms with Crippen molar-refractivity contribution in [3.8, 4) is 5.75 Å². The van der Waals surface area contributed by atoms with E-state index in [2.05, 4.69) is 5.43 Å². The van der Waals surface area contributed by atoms with Gasteiger partial charge in [-0.25, -0.2) is 5.84 Å². The molecule has 1 aromatic heterocycles. The highest BCUT2D eigenvalue weighted by Crippen LogP contribution is 2.26. The summed E-state index contributed by atoms with van der Waals surface area (Å²) < 4.78 is 11.3. The van der Waals surface area contributed by atoms with Gasteiger partial charge >= 0.3 is 0 Å². The van der Waals surface area contributed by atoms with Crippen molar-refractivity contribution in [2.75, 3.05) is 0 Å². The van der Waals surface area contributed by atoms with Crippen LogP contribution in [0.15, 0.2) is 59.0 Å². The van der Waals surface area contributed by atoms with Gasteiger partial charge in [-0.3, -0.25) is 10.2 Å². The number of hydrogen-bond acceptors (Lipinski definition) is 4. The van der Waals surface area contributed by atoms with Crippen molar-refractivity contribution in [3.63, 3.8) is 0 Å². The van der Waals surface area contributed by atoms with Gasteiger partial charge in [0.05, 0.1) is 5.56 Å². The van der Waals surface area contributed by atoms with Crippen LogP contribution in [0.4, 0.5) is 0 Å². The molecule has 0 aliphatic heterocycles. The predicted octanol–water partition coefficient (Wildman–Crippen LogP) is 2.62. The maximum atomic E-state index is 12.0. The van der Waals surface area contributed by atoms with Crippen LogP contribution in [-0.4, -0.2) is 5.91 Å². The van der Waals surface area contributed by atoms with E-state index in [1.807, 2.05) is 48.5 Å². The Kier molecular flexibility index (Phi) is 3.57. The number of hydrazine groups is 1. The lowest BCUT2D eigenvalue weighted by molar-refractivity contribution is 0.0950. The fourth-order valence-electron chi connectivity index (χ4n) is 2.18. The normalized spacial score (nSPS) is 10.5. The number of nitrogen functional groups attached to an aromatic ring is 1. The van der Waals surface area contributed by atoms with E-state index >= 15 is 0 Å². The van der Waals surface area contributed by atoms with Crippen LogP contribution in [0.2, 0.25) is 0 Å². The van der Waals surface area contributed by atoms with Gasteiger partial charge in [0.15, 0.2) is 5.76 Å². The summed E-state index contributed by atoms with van der Waals surface area (Å²) in [7, 11) is 0. The predicted molar refractivity (Wildman–Crippen MR) is 78.6 cm³/mol. The Morgan fingerprint density at radius 2 is 1.81 bits per heavy atom. The number of benzene rings is 2. The van der Waals surface area contributed by atoms with Crippen molar-refractivity contribution in [1.82, 2.24) is 5.43 Å². The van der Waals surface area contributed by atoms with E-state index in [1.165, 1.54) is 0 Å². The van der Waals surface area contributed by atoms with Crippen LogP contribution in [0.25, 0.3) is 11.0 Å². The third kappa shape index (κ3) is 2.59. The number of furan rings is 1. The second-order valence-corrected chi connectivity index (χ2v) is 4.47. The van der Waals surface area contributed by atoms with Crippen LogP contribution in [0, 0.1) is 0 Å². The molecule has 3 rings (SSSR count). The number of rotatable bonds is 4. The minimum atomic E-state index is -0.397. The summed E-state index contributed by atoms with van der Waals surface area (Å²) in [5.74, 6) is 6.00. The van der Waals surface area contributed by atoms with Gasteiger partial charge in [-0.1, -0.05) is 36.4 Å². The lowest BCUT2D eigenvalue weighted by atomic mass is 10.1. The molecule has 0 radical (unpaired) electrons. The van der Waals surface area contributed by atoms with Crippen LogP contribution >= 0.6 is 0 Å². The summed E-state index contributed by atoms with van der Waals surface area (Å²) in [5.41, 5.74) is 3.18. The molecule has 0 fully saturated rings. The fourth-order valence-corrected chi connectivity index (χ4v) is 2.18. The van der Waals surface area contributed by atoms with Gasteiger partial charge in [-0.05, 0) is 18.2 Å². The molecule has 3 aromatic rings. The summed E-state index contributed by atoms with van der Waals surface area (Å²) in [6, 6.07) is 16.6. The Labute approximate surface area is 121 Å². The largest absolute Gasteiger partial charge is 0.486 e. The number of para-hydroxylation sites is 2. The summed E-state index contributed by atoms with van der Waals surface area (Å²) in [6.07, 6.45) is 0. The minimum absolute atomic E-state index is 0.154. The van der Waals surface area contributed by atoms with Crippen LogP contribution in [0.1, 0.15) is 16.1 Å². The number of carbonyl (C=O) groups excluding carboxylic acids is 1. The van der Waals surface area contributed by atoms with E-state index in [-0.39, 0.29) is 6.61 Å². The van der Waals surface area contributed by atoms with Crippen molar-refractivity contribution >= 4 is 16.9 Å². The maximum absolute atomic E-state index is 12.0. The van der Waals surface area contributed by atoms with E-state index in [1.54, 1.807) is 6.07 Å². The Hall–Kier alpha value is -2.79. The number of ether oxygens (including phenoxy) is 1. The number of fused-ring (bicyclic) bond motifs is 1. The molecular formula is C16H14N2O3. The average molecular weight is 282 g/mol. The summed E-state index contributed by atoms with van der Waals surface area (Å²) in [5, 5.41) is 0.715. The number of amides is 1. The van der Waals surface area contributed by atoms with Crippen LogP contribution in [0.5, 0.6) is 5.75 Å². The van der Waals surface area contributed by atoms with Gasteiger partial charge in [0.25, 0.3) is 5.91 Å². The molecule has 0 atom stereocenters. The van der Waals surface area contributed by atoms with Gasteiger partial charge < -0.3 is 9.15 Å². The molecule has 3 N–H and O–H groups in total. The smallest absolute Gasteiger partial charge is 0.269 e. The Balaban J connectivity index is 1.95. The molecule has 0 saturated carbocycles. The number of hydrogen-bond donors (Lipinski definition) is 2. The highest BCUT2D eigenvalue weighted by molar-refractivity contribution is 6.07. The van der Waals surface area contributed by atoms with E-state index < -0.39 is 5.91 Å². The molecule has 2 aromatic carbocycles. The monoisotopic (exact) mass is 282 g/mol. The molecule has 21 heavy (non-hydrogen) atoms. The first-order valence-corrected chi connectivity index (χ1v) is 6.49. The summed E-state index contributed by atoms with van der Waals surface area (Å²) >= 11 is 0. The molecule has 106 valence electrons.